The van der Waals surface area contributed by atoms with Gasteiger partial charge in [0.15, 0.2) is 6.29 Å². The average molecular weight is 416 g/mol. The van der Waals surface area contributed by atoms with Gasteiger partial charge in [0.1, 0.15) is 10.9 Å². The molecule has 1 aromatic carbocycles. The van der Waals surface area contributed by atoms with E-state index in [2.05, 4.69) is 4.99 Å². The van der Waals surface area contributed by atoms with E-state index >= 15 is 0 Å². The van der Waals surface area contributed by atoms with Crippen molar-refractivity contribution in [1.29, 1.82) is 0 Å². The Kier molecular flexibility index (Phi) is 5.33. The first-order chi connectivity index (χ1) is 12.3. The zero-order valence-electron chi connectivity index (χ0n) is 12.7. The number of nitro groups is 2. The van der Waals surface area contributed by atoms with E-state index in [9.17, 15) is 42.2 Å². The highest BCUT2D eigenvalue weighted by Gasteiger charge is 2.44. The molecule has 0 aliphatic carbocycles. The number of nitro benzene ring substituents is 2. The fourth-order valence-corrected chi connectivity index (χ4v) is 2.53. The number of hydrogen-bond donors (Lipinski definition) is 1. The van der Waals surface area contributed by atoms with Crippen LogP contribution in [-0.4, -0.2) is 27.7 Å². The number of nitrogens with two attached hydrogens (primary N) is 1. The standard InChI is InChI=1S/C12H7ClF5N5O4/c13-8-3-7(10(14)15)21(11(19)20-8)9-5(12(16,17)18)1-4(22(24)25)2-6(9)23(26)27/h1-3,10-11H,19H2. The maximum absolute atomic E-state index is 13.4. The second-order valence-corrected chi connectivity index (χ2v) is 5.37. The number of allylic oxidation sites excluding steroid dienone is 2. The summed E-state index contributed by atoms with van der Waals surface area (Å²) >= 11 is 5.49. The van der Waals surface area contributed by atoms with Crippen molar-refractivity contribution in [3.63, 3.8) is 0 Å². The van der Waals surface area contributed by atoms with E-state index in [-0.39, 0.29) is 17.0 Å². The van der Waals surface area contributed by atoms with Crippen LogP contribution in [0.15, 0.2) is 28.9 Å². The molecule has 0 saturated carbocycles. The number of nitrogens with zero attached hydrogens (tertiary/aromatic N) is 4. The summed E-state index contributed by atoms with van der Waals surface area (Å²) < 4.78 is 67.0. The monoisotopic (exact) mass is 415 g/mol. The van der Waals surface area contributed by atoms with Gasteiger partial charge >= 0.3 is 6.18 Å². The third-order valence-electron chi connectivity index (χ3n) is 3.32. The minimum atomic E-state index is -5.37. The van der Waals surface area contributed by atoms with E-state index in [1.165, 1.54) is 0 Å². The van der Waals surface area contributed by atoms with Crippen molar-refractivity contribution in [3.05, 3.63) is 49.7 Å². The first-order valence-electron chi connectivity index (χ1n) is 6.66. The minimum Gasteiger partial charge on any atom is -0.298 e. The Morgan fingerprint density at radius 2 is 1.81 bits per heavy atom. The zero-order chi connectivity index (χ0) is 20.7. The lowest BCUT2D eigenvalue weighted by Crippen LogP contribution is -2.45. The smallest absolute Gasteiger partial charge is 0.298 e. The molecule has 1 heterocycles. The Labute approximate surface area is 150 Å². The molecule has 2 N–H and O–H groups in total. The molecule has 0 spiro atoms. The zero-order valence-corrected chi connectivity index (χ0v) is 13.4. The van der Waals surface area contributed by atoms with Crippen LogP contribution in [0.4, 0.5) is 39.0 Å². The van der Waals surface area contributed by atoms with Crippen molar-refractivity contribution in [1.82, 2.24) is 0 Å². The minimum absolute atomic E-state index is 0.0158. The van der Waals surface area contributed by atoms with Gasteiger partial charge < -0.3 is 0 Å². The number of alkyl halides is 5. The van der Waals surface area contributed by atoms with Gasteiger partial charge in [-0.2, -0.15) is 13.2 Å². The van der Waals surface area contributed by atoms with Gasteiger partial charge in [-0.05, 0) is 0 Å². The van der Waals surface area contributed by atoms with Crippen molar-refractivity contribution in [3.8, 4) is 0 Å². The average Bonchev–Trinajstić information content (AvgIpc) is 2.51. The van der Waals surface area contributed by atoms with E-state index in [1.54, 1.807) is 0 Å². The SMILES string of the molecule is NC1N=C(Cl)C=C(C(F)F)N1c1c([N+](=O)[O-])cc([N+](=O)[O-])cc1C(F)(F)F. The van der Waals surface area contributed by atoms with Crippen LogP contribution in [0.5, 0.6) is 0 Å². The van der Waals surface area contributed by atoms with E-state index in [4.69, 9.17) is 17.3 Å². The number of hydrogen-bond acceptors (Lipinski definition) is 7. The molecule has 2 rings (SSSR count). The van der Waals surface area contributed by atoms with Gasteiger partial charge in [-0.15, -0.1) is 0 Å². The summed E-state index contributed by atoms with van der Waals surface area (Å²) in [6.45, 7) is 0. The van der Waals surface area contributed by atoms with Crippen molar-refractivity contribution >= 4 is 33.8 Å². The van der Waals surface area contributed by atoms with Crippen molar-refractivity contribution in [2.24, 2.45) is 10.7 Å². The van der Waals surface area contributed by atoms with Crippen molar-refractivity contribution in [2.75, 3.05) is 4.90 Å². The number of benzene rings is 1. The van der Waals surface area contributed by atoms with Gasteiger partial charge in [0.2, 0.25) is 0 Å². The second-order valence-electron chi connectivity index (χ2n) is 4.98. The molecule has 0 amide bonds. The molecule has 0 radical (unpaired) electrons. The van der Waals surface area contributed by atoms with E-state index in [0.29, 0.717) is 6.08 Å². The Hall–Kier alpha value is -2.87. The number of anilines is 1. The van der Waals surface area contributed by atoms with E-state index in [1.807, 2.05) is 0 Å². The summed E-state index contributed by atoms with van der Waals surface area (Å²) in [5, 5.41) is 21.5. The summed E-state index contributed by atoms with van der Waals surface area (Å²) in [6, 6.07) is 0.193. The Balaban J connectivity index is 2.91. The molecule has 9 nitrogen and oxygen atoms in total. The highest BCUT2D eigenvalue weighted by atomic mass is 35.5. The van der Waals surface area contributed by atoms with Crippen molar-refractivity contribution < 1.29 is 31.8 Å². The number of non-ortho nitro benzene ring substituents is 1. The molecule has 146 valence electrons. The molecule has 15 heteroatoms. The Bertz CT molecular complexity index is 872. The highest BCUT2D eigenvalue weighted by molar-refractivity contribution is 6.68. The van der Waals surface area contributed by atoms with Gasteiger partial charge in [-0.1, -0.05) is 11.6 Å². The van der Waals surface area contributed by atoms with Gasteiger partial charge in [0, 0.05) is 12.1 Å². The van der Waals surface area contributed by atoms with Gasteiger partial charge in [0.05, 0.1) is 27.2 Å². The molecule has 1 unspecified atom stereocenters. The van der Waals surface area contributed by atoms with Crippen LogP contribution in [0, 0.1) is 20.2 Å². The molecular formula is C12H7ClF5N5O4. The molecule has 0 fully saturated rings. The summed E-state index contributed by atoms with van der Waals surface area (Å²) in [5.74, 6) is 0. The predicted molar refractivity (Wildman–Crippen MR) is 82.6 cm³/mol. The lowest BCUT2D eigenvalue weighted by molar-refractivity contribution is -0.394. The maximum Gasteiger partial charge on any atom is 0.418 e. The van der Waals surface area contributed by atoms with Gasteiger partial charge in [-0.3, -0.25) is 30.9 Å². The third-order valence-corrected chi connectivity index (χ3v) is 3.52. The van der Waals surface area contributed by atoms with Crippen LogP contribution < -0.4 is 10.6 Å². The topological polar surface area (TPSA) is 128 Å². The largest absolute Gasteiger partial charge is 0.418 e. The molecule has 1 aromatic rings. The van der Waals surface area contributed by atoms with Crippen LogP contribution in [-0.2, 0) is 6.18 Å². The number of rotatable bonds is 4. The van der Waals surface area contributed by atoms with Crippen LogP contribution >= 0.6 is 11.6 Å². The molecule has 1 aliphatic rings. The quantitative estimate of drug-likeness (QED) is 0.456. The van der Waals surface area contributed by atoms with Gasteiger partial charge in [-0.25, -0.2) is 13.8 Å². The maximum atomic E-state index is 13.4. The second kappa shape index (κ2) is 7.03. The summed E-state index contributed by atoms with van der Waals surface area (Å²) in [5.41, 5.74) is -1.75. The normalized spacial score (nSPS) is 17.6. The first kappa shape index (κ1) is 20.4. The number of halogens is 6. The lowest BCUT2D eigenvalue weighted by Gasteiger charge is -2.33. The van der Waals surface area contributed by atoms with Crippen LogP contribution in [0.25, 0.3) is 0 Å². The Morgan fingerprint density at radius 3 is 2.26 bits per heavy atom. The molecule has 1 atom stereocenters. The summed E-state index contributed by atoms with van der Waals surface area (Å²) in [7, 11) is 0. The van der Waals surface area contributed by atoms with Gasteiger partial charge in [0.25, 0.3) is 17.8 Å². The van der Waals surface area contributed by atoms with Crippen LogP contribution in [0.1, 0.15) is 5.56 Å². The summed E-state index contributed by atoms with van der Waals surface area (Å²) in [6.07, 6.45) is -10.3. The molecule has 0 bridgehead atoms. The van der Waals surface area contributed by atoms with E-state index in [0.717, 1.165) is 0 Å². The highest BCUT2D eigenvalue weighted by Crippen LogP contribution is 2.46. The lowest BCUT2D eigenvalue weighted by atomic mass is 10.1. The summed E-state index contributed by atoms with van der Waals surface area (Å²) in [4.78, 5) is 22.9. The fourth-order valence-electron chi connectivity index (χ4n) is 2.31. The van der Waals surface area contributed by atoms with Crippen LogP contribution in [0.3, 0.4) is 0 Å². The molecule has 0 aromatic heterocycles. The van der Waals surface area contributed by atoms with Crippen LogP contribution in [0.2, 0.25) is 0 Å². The fraction of sp³-hybridized carbons (Fsp3) is 0.250. The number of aliphatic imine (C=N–C) groups is 1. The molecule has 0 saturated heterocycles. The molecule has 1 aliphatic heterocycles. The molecular weight excluding hydrogens is 409 g/mol. The molecule has 27 heavy (non-hydrogen) atoms. The predicted octanol–water partition coefficient (Wildman–Crippen LogP) is 3.37. The van der Waals surface area contributed by atoms with Crippen molar-refractivity contribution in [2.45, 2.75) is 18.9 Å². The third kappa shape index (κ3) is 3.95. The van der Waals surface area contributed by atoms with E-state index < -0.39 is 62.2 Å². The Morgan fingerprint density at radius 1 is 1.22 bits per heavy atom. The first-order valence-corrected chi connectivity index (χ1v) is 7.04.